The number of esters is 1. The van der Waals surface area contributed by atoms with Gasteiger partial charge < -0.3 is 13.6 Å². The summed E-state index contributed by atoms with van der Waals surface area (Å²) in [6.07, 6.45) is 1.30. The Kier molecular flexibility index (Phi) is 5.23. The van der Waals surface area contributed by atoms with E-state index in [2.05, 4.69) is 5.43 Å². The van der Waals surface area contributed by atoms with Gasteiger partial charge in [0.25, 0.3) is 5.91 Å². The zero-order valence-corrected chi connectivity index (χ0v) is 14.2. The molecule has 1 aromatic carbocycles. The van der Waals surface area contributed by atoms with E-state index in [0.717, 1.165) is 6.07 Å². The van der Waals surface area contributed by atoms with E-state index in [1.807, 2.05) is 5.43 Å². The van der Waals surface area contributed by atoms with Gasteiger partial charge in [0.1, 0.15) is 5.58 Å². The minimum atomic E-state index is -1.02. The van der Waals surface area contributed by atoms with Crippen LogP contribution in [-0.4, -0.2) is 24.4 Å². The molecule has 2 aromatic heterocycles. The topological polar surface area (TPSA) is 128 Å². The Morgan fingerprint density at radius 2 is 1.89 bits per heavy atom. The van der Waals surface area contributed by atoms with Gasteiger partial charge in [0.2, 0.25) is 5.76 Å². The molecule has 2 amide bonds. The lowest BCUT2D eigenvalue weighted by Gasteiger charge is -2.07. The van der Waals surface area contributed by atoms with E-state index in [1.54, 1.807) is 0 Å². The molecule has 0 aliphatic heterocycles. The fourth-order valence-electron chi connectivity index (χ4n) is 2.06. The second kappa shape index (κ2) is 7.75. The molecule has 0 aliphatic rings. The number of benzene rings is 1. The summed E-state index contributed by atoms with van der Waals surface area (Å²) in [5.41, 5.74) is 3.78. The predicted octanol–water partition coefficient (Wildman–Crippen LogP) is 1.66. The van der Waals surface area contributed by atoms with Gasteiger partial charge in [-0.1, -0.05) is 11.6 Å². The zero-order valence-electron chi connectivity index (χ0n) is 13.5. The van der Waals surface area contributed by atoms with Crippen molar-refractivity contribution in [3.8, 4) is 0 Å². The highest BCUT2D eigenvalue weighted by Gasteiger charge is 2.16. The van der Waals surface area contributed by atoms with Crippen LogP contribution in [0.2, 0.25) is 5.02 Å². The Bertz CT molecular complexity index is 1070. The zero-order chi connectivity index (χ0) is 19.4. The Labute approximate surface area is 155 Å². The number of carbonyl (C=O) groups is 3. The van der Waals surface area contributed by atoms with E-state index in [9.17, 15) is 19.2 Å². The number of hydrazine groups is 1. The molecule has 27 heavy (non-hydrogen) atoms. The summed E-state index contributed by atoms with van der Waals surface area (Å²) in [6, 6.07) is 8.19. The van der Waals surface area contributed by atoms with Gasteiger partial charge in [-0.25, -0.2) is 4.79 Å². The van der Waals surface area contributed by atoms with Crippen molar-refractivity contribution < 1.29 is 28.0 Å². The molecule has 0 bridgehead atoms. The van der Waals surface area contributed by atoms with Crippen LogP contribution in [-0.2, 0) is 9.53 Å². The average molecular weight is 391 g/mol. The van der Waals surface area contributed by atoms with Crippen LogP contribution >= 0.6 is 11.6 Å². The Hall–Kier alpha value is -3.59. The van der Waals surface area contributed by atoms with Crippen LogP contribution in [0.25, 0.3) is 11.0 Å². The summed E-state index contributed by atoms with van der Waals surface area (Å²) in [5, 5.41) is 0.552. The third-order valence-corrected chi connectivity index (χ3v) is 3.52. The summed E-state index contributed by atoms with van der Waals surface area (Å²) in [5.74, 6) is -2.89. The second-order valence-corrected chi connectivity index (χ2v) is 5.61. The summed E-state index contributed by atoms with van der Waals surface area (Å²) < 4.78 is 14.9. The van der Waals surface area contributed by atoms with Crippen molar-refractivity contribution >= 4 is 40.4 Å². The number of carbonyl (C=O) groups excluding carboxylic acids is 3. The maximum atomic E-state index is 12.0. The Morgan fingerprint density at radius 1 is 1.07 bits per heavy atom. The number of nitrogens with one attached hydrogen (secondary N) is 2. The molecule has 0 spiro atoms. The highest BCUT2D eigenvalue weighted by molar-refractivity contribution is 6.31. The van der Waals surface area contributed by atoms with Crippen LogP contribution in [0.5, 0.6) is 0 Å². The minimum absolute atomic E-state index is 0.00895. The SMILES string of the molecule is O=C(COC(=O)c1cc(=O)c2cc(Cl)ccc2o1)NNC(=O)c1ccco1. The highest BCUT2D eigenvalue weighted by Crippen LogP contribution is 2.18. The van der Waals surface area contributed by atoms with E-state index >= 15 is 0 Å². The third kappa shape index (κ3) is 4.33. The van der Waals surface area contributed by atoms with Crippen LogP contribution in [0.3, 0.4) is 0 Å². The molecule has 0 saturated heterocycles. The van der Waals surface area contributed by atoms with Crippen LogP contribution in [0.1, 0.15) is 21.1 Å². The average Bonchev–Trinajstić information content (AvgIpc) is 3.19. The van der Waals surface area contributed by atoms with Gasteiger partial charge in [-0.2, -0.15) is 0 Å². The number of ether oxygens (including phenoxy) is 1. The third-order valence-electron chi connectivity index (χ3n) is 3.29. The number of fused-ring (bicyclic) bond motifs is 1. The molecule has 3 aromatic rings. The first-order valence-electron chi connectivity index (χ1n) is 7.47. The number of hydrogen-bond donors (Lipinski definition) is 2. The first-order chi connectivity index (χ1) is 12.9. The molecule has 0 aliphatic carbocycles. The molecule has 0 unspecified atom stereocenters. The second-order valence-electron chi connectivity index (χ2n) is 5.17. The van der Waals surface area contributed by atoms with E-state index in [-0.39, 0.29) is 22.5 Å². The highest BCUT2D eigenvalue weighted by atomic mass is 35.5. The normalized spacial score (nSPS) is 10.4. The summed E-state index contributed by atoms with van der Waals surface area (Å²) >= 11 is 5.81. The number of amides is 2. The van der Waals surface area contributed by atoms with Gasteiger partial charge in [-0.05, 0) is 30.3 Å². The number of hydrogen-bond acceptors (Lipinski definition) is 7. The van der Waals surface area contributed by atoms with Crippen LogP contribution < -0.4 is 16.3 Å². The molecule has 0 atom stereocenters. The molecule has 0 radical (unpaired) electrons. The van der Waals surface area contributed by atoms with E-state index < -0.39 is 29.8 Å². The van der Waals surface area contributed by atoms with Gasteiger partial charge in [0.05, 0.1) is 11.6 Å². The smallest absolute Gasteiger partial charge is 0.374 e. The van der Waals surface area contributed by atoms with Crippen molar-refractivity contribution in [2.45, 2.75) is 0 Å². The number of halogens is 1. The fraction of sp³-hybridized carbons (Fsp3) is 0.0588. The van der Waals surface area contributed by atoms with E-state index in [1.165, 1.54) is 36.6 Å². The number of furan rings is 1. The first-order valence-corrected chi connectivity index (χ1v) is 7.85. The number of rotatable bonds is 4. The molecule has 138 valence electrons. The molecule has 2 heterocycles. The summed E-state index contributed by atoms with van der Waals surface area (Å²) in [6.45, 7) is -0.709. The fourth-order valence-corrected chi connectivity index (χ4v) is 2.24. The molecular formula is C17H11ClN2O7. The molecule has 9 nitrogen and oxygen atoms in total. The van der Waals surface area contributed by atoms with E-state index in [4.69, 9.17) is 25.2 Å². The predicted molar refractivity (Wildman–Crippen MR) is 92.1 cm³/mol. The van der Waals surface area contributed by atoms with Crippen molar-refractivity contribution in [2.75, 3.05) is 6.61 Å². The van der Waals surface area contributed by atoms with Crippen molar-refractivity contribution in [1.29, 1.82) is 0 Å². The summed E-state index contributed by atoms with van der Waals surface area (Å²) in [7, 11) is 0. The molecular weight excluding hydrogens is 380 g/mol. The molecule has 0 saturated carbocycles. The molecule has 10 heteroatoms. The van der Waals surface area contributed by atoms with E-state index in [0.29, 0.717) is 5.02 Å². The Morgan fingerprint density at radius 3 is 2.63 bits per heavy atom. The first kappa shape index (κ1) is 18.2. The van der Waals surface area contributed by atoms with Crippen LogP contribution in [0.4, 0.5) is 0 Å². The monoisotopic (exact) mass is 390 g/mol. The molecule has 3 rings (SSSR count). The van der Waals surface area contributed by atoms with Crippen molar-refractivity contribution in [3.05, 3.63) is 69.4 Å². The Balaban J connectivity index is 1.58. The summed E-state index contributed by atoms with van der Waals surface area (Å²) in [4.78, 5) is 47.2. The van der Waals surface area contributed by atoms with Gasteiger partial charge in [-0.3, -0.25) is 25.2 Å². The van der Waals surface area contributed by atoms with Gasteiger partial charge in [0, 0.05) is 11.1 Å². The van der Waals surface area contributed by atoms with Crippen molar-refractivity contribution in [3.63, 3.8) is 0 Å². The van der Waals surface area contributed by atoms with Gasteiger partial charge >= 0.3 is 11.9 Å². The minimum Gasteiger partial charge on any atom is -0.459 e. The lowest BCUT2D eigenvalue weighted by atomic mass is 10.2. The van der Waals surface area contributed by atoms with Gasteiger partial charge in [-0.15, -0.1) is 0 Å². The largest absolute Gasteiger partial charge is 0.459 e. The quantitative estimate of drug-likeness (QED) is 0.512. The maximum Gasteiger partial charge on any atom is 0.374 e. The maximum absolute atomic E-state index is 12.0. The lowest BCUT2D eigenvalue weighted by molar-refractivity contribution is -0.125. The van der Waals surface area contributed by atoms with Crippen molar-refractivity contribution in [1.82, 2.24) is 10.9 Å². The lowest BCUT2D eigenvalue weighted by Crippen LogP contribution is -2.43. The van der Waals surface area contributed by atoms with Gasteiger partial charge in [0.15, 0.2) is 17.8 Å². The van der Waals surface area contributed by atoms with Crippen molar-refractivity contribution in [2.24, 2.45) is 0 Å². The van der Waals surface area contributed by atoms with Crippen LogP contribution in [0.15, 0.2) is 56.3 Å². The molecule has 2 N–H and O–H groups in total. The molecule has 0 fully saturated rings. The standard InChI is InChI=1S/C17H11ClN2O7/c18-9-3-4-12-10(6-9)11(21)7-14(27-12)17(24)26-8-15(22)19-20-16(23)13-2-1-5-25-13/h1-7H,8H2,(H,19,22)(H,20,23). The van der Waals surface area contributed by atoms with Crippen LogP contribution in [0, 0.1) is 0 Å².